The SMILES string of the molecule is O=c1ccn(C2OC(COP(=O)(O)OP(=O)(O)OP(=O)(O)OP(=O)(O)Cc3cccc4ccccc34)C(O)C2O)c(=O)[nH]1. The van der Waals surface area contributed by atoms with Crippen LogP contribution in [-0.4, -0.2) is 64.3 Å². The molecule has 1 fully saturated rings. The van der Waals surface area contributed by atoms with Crippen LogP contribution in [0.4, 0.5) is 0 Å². The Hall–Kier alpha value is -2.14. The second-order valence-corrected chi connectivity index (χ2v) is 15.6. The molecule has 1 aromatic heterocycles. The van der Waals surface area contributed by atoms with Gasteiger partial charge in [-0.25, -0.2) is 22.8 Å². The third-order valence-corrected chi connectivity index (χ3v) is 12.1. The second kappa shape index (κ2) is 12.7. The van der Waals surface area contributed by atoms with Crippen molar-refractivity contribution in [1.29, 1.82) is 0 Å². The predicted molar refractivity (Wildman–Crippen MR) is 143 cm³/mol. The van der Waals surface area contributed by atoms with Crippen LogP contribution in [0.15, 0.2) is 64.3 Å². The number of phosphoric acid groups is 3. The van der Waals surface area contributed by atoms with Crippen LogP contribution in [0, 0.1) is 0 Å². The summed E-state index contributed by atoms with van der Waals surface area (Å²) in [6.45, 7) is -1.12. The third kappa shape index (κ3) is 8.74. The molecule has 0 saturated carbocycles. The molecule has 236 valence electrons. The lowest BCUT2D eigenvalue weighted by atomic mass is 10.1. The van der Waals surface area contributed by atoms with Crippen molar-refractivity contribution in [3.63, 3.8) is 0 Å². The molecule has 0 spiro atoms. The first-order valence-electron chi connectivity index (χ1n) is 11.8. The summed E-state index contributed by atoms with van der Waals surface area (Å²) in [6.07, 6.45) is -6.81. The quantitative estimate of drug-likeness (QED) is 0.131. The first-order valence-corrected chi connectivity index (χ1v) is 18.0. The van der Waals surface area contributed by atoms with Crippen molar-refractivity contribution >= 4 is 41.8 Å². The molecule has 8 atom stereocenters. The molecule has 7 N–H and O–H groups in total. The average Bonchev–Trinajstić information content (AvgIpc) is 3.14. The summed E-state index contributed by atoms with van der Waals surface area (Å²) >= 11 is 0. The van der Waals surface area contributed by atoms with Crippen molar-refractivity contribution in [3.05, 3.63) is 81.1 Å². The highest BCUT2D eigenvalue weighted by molar-refractivity contribution is 7.70. The molecule has 0 radical (unpaired) electrons. The highest BCUT2D eigenvalue weighted by Gasteiger charge is 2.48. The summed E-state index contributed by atoms with van der Waals surface area (Å²) in [5.74, 6) is 0. The molecule has 1 aliphatic rings. The minimum absolute atomic E-state index is 0.217. The van der Waals surface area contributed by atoms with E-state index in [1.54, 1.807) is 36.4 Å². The third-order valence-electron chi connectivity index (χ3n) is 5.76. The summed E-state index contributed by atoms with van der Waals surface area (Å²) in [5.41, 5.74) is -1.58. The zero-order chi connectivity index (χ0) is 31.8. The van der Waals surface area contributed by atoms with Gasteiger partial charge in [0, 0.05) is 12.3 Å². The van der Waals surface area contributed by atoms with Gasteiger partial charge in [0.2, 0.25) is 0 Å². The van der Waals surface area contributed by atoms with Crippen LogP contribution in [0.25, 0.3) is 10.8 Å². The van der Waals surface area contributed by atoms with Gasteiger partial charge in [-0.05, 0) is 16.3 Å². The maximum Gasteiger partial charge on any atom is 0.490 e. The number of aromatic nitrogens is 2. The molecule has 43 heavy (non-hydrogen) atoms. The lowest BCUT2D eigenvalue weighted by Gasteiger charge is -2.21. The van der Waals surface area contributed by atoms with Gasteiger partial charge in [-0.2, -0.15) is 8.62 Å². The van der Waals surface area contributed by atoms with E-state index in [2.05, 4.69) is 17.5 Å². The Morgan fingerprint density at radius 2 is 1.44 bits per heavy atom. The van der Waals surface area contributed by atoms with Crippen molar-refractivity contribution in [3.8, 4) is 0 Å². The number of rotatable bonds is 12. The number of fused-ring (bicyclic) bond motifs is 1. The Labute approximate surface area is 240 Å². The van der Waals surface area contributed by atoms with E-state index in [4.69, 9.17) is 4.74 Å². The molecule has 8 unspecified atom stereocenters. The molecule has 19 nitrogen and oxygen atoms in total. The number of hydrogen-bond acceptors (Lipinski definition) is 13. The number of phosphoric ester groups is 1. The van der Waals surface area contributed by atoms with Crippen molar-refractivity contribution < 1.29 is 70.2 Å². The zero-order valence-corrected chi connectivity index (χ0v) is 24.9. The minimum Gasteiger partial charge on any atom is -0.387 e. The van der Waals surface area contributed by atoms with Crippen LogP contribution in [0.2, 0.25) is 0 Å². The molecule has 2 aromatic carbocycles. The molecule has 0 amide bonds. The van der Waals surface area contributed by atoms with E-state index in [9.17, 15) is 57.6 Å². The lowest BCUT2D eigenvalue weighted by Crippen LogP contribution is -2.37. The fraction of sp³-hybridized carbons (Fsp3) is 0.300. The van der Waals surface area contributed by atoms with E-state index in [-0.39, 0.29) is 5.56 Å². The molecule has 1 aliphatic heterocycles. The van der Waals surface area contributed by atoms with E-state index in [0.29, 0.717) is 15.3 Å². The zero-order valence-electron chi connectivity index (χ0n) is 21.3. The van der Waals surface area contributed by atoms with E-state index in [0.717, 1.165) is 12.3 Å². The minimum atomic E-state index is -6.04. The van der Waals surface area contributed by atoms with Gasteiger partial charge in [0.15, 0.2) is 6.23 Å². The summed E-state index contributed by atoms with van der Waals surface area (Å²) in [7, 11) is -22.7. The number of ether oxygens (including phenoxy) is 1. The Morgan fingerprint density at radius 1 is 0.814 bits per heavy atom. The number of nitrogens with one attached hydrogen (secondary N) is 1. The fourth-order valence-corrected chi connectivity index (χ4v) is 9.65. The Balaban J connectivity index is 1.36. The molecule has 1 saturated heterocycles. The molecular formula is C20H24N2O17P4. The monoisotopic (exact) mass is 688 g/mol. The highest BCUT2D eigenvalue weighted by atomic mass is 31.3. The van der Waals surface area contributed by atoms with Crippen molar-refractivity contribution in [2.75, 3.05) is 6.61 Å². The number of nitrogens with zero attached hydrogens (tertiary/aromatic N) is 1. The van der Waals surface area contributed by atoms with Crippen molar-refractivity contribution in [1.82, 2.24) is 9.55 Å². The summed E-state index contributed by atoms with van der Waals surface area (Å²) in [4.78, 5) is 64.7. The number of aliphatic hydroxyl groups excluding tert-OH is 2. The topological polar surface area (TPSA) is 291 Å². The maximum absolute atomic E-state index is 12.6. The van der Waals surface area contributed by atoms with Gasteiger partial charge >= 0.3 is 36.8 Å². The number of aliphatic hydroxyl groups is 2. The highest BCUT2D eigenvalue weighted by Crippen LogP contribution is 2.71. The van der Waals surface area contributed by atoms with Crippen LogP contribution in [0.3, 0.4) is 0 Å². The van der Waals surface area contributed by atoms with E-state index in [1.165, 1.54) is 6.07 Å². The van der Waals surface area contributed by atoms with Crippen molar-refractivity contribution in [2.24, 2.45) is 0 Å². The maximum atomic E-state index is 12.6. The summed E-state index contributed by atoms with van der Waals surface area (Å²) in [6, 6.07) is 12.2. The predicted octanol–water partition coefficient (Wildman–Crippen LogP) is 1.06. The number of aromatic amines is 1. The normalized spacial score (nSPS) is 26.3. The van der Waals surface area contributed by atoms with Crippen molar-refractivity contribution in [2.45, 2.75) is 30.7 Å². The van der Waals surface area contributed by atoms with Gasteiger partial charge in [-0.3, -0.25) is 23.4 Å². The number of H-pyrrole nitrogens is 1. The largest absolute Gasteiger partial charge is 0.490 e. The standard InChI is InChI=1S/C20H24N2O17P4/c23-16-8-9-22(20(26)21-16)19-18(25)17(24)15(36-19)10-35-41(29,30)38-43(33,34)39-42(31,32)37-40(27,28)11-13-6-3-5-12-4-1-2-7-14(12)13/h1-9,15,17-19,24-25H,10-11H2,(H,27,28)(H,29,30)(H,31,32)(H,33,34)(H,21,23,26). The van der Waals surface area contributed by atoms with Crippen LogP contribution in [0.1, 0.15) is 11.8 Å². The van der Waals surface area contributed by atoms with Gasteiger partial charge in [-0.1, -0.05) is 42.5 Å². The smallest absolute Gasteiger partial charge is 0.387 e. The van der Waals surface area contributed by atoms with E-state index < -0.39 is 79.6 Å². The summed E-state index contributed by atoms with van der Waals surface area (Å²) < 4.78 is 71.7. The summed E-state index contributed by atoms with van der Waals surface area (Å²) in [5, 5.41) is 21.5. The van der Waals surface area contributed by atoms with Gasteiger partial charge in [0.1, 0.15) is 18.3 Å². The average molecular weight is 688 g/mol. The molecule has 0 aliphatic carbocycles. The molecule has 23 heteroatoms. The fourth-order valence-electron chi connectivity index (χ4n) is 4.04. The van der Waals surface area contributed by atoms with Crippen LogP contribution >= 0.6 is 31.1 Å². The molecule has 3 aromatic rings. The molecule has 4 rings (SSSR count). The Kier molecular flexibility index (Phi) is 9.96. The van der Waals surface area contributed by atoms with Gasteiger partial charge < -0.3 is 34.5 Å². The van der Waals surface area contributed by atoms with Crippen LogP contribution in [-0.2, 0) is 46.6 Å². The Morgan fingerprint density at radius 3 is 2.14 bits per heavy atom. The second-order valence-electron chi connectivity index (χ2n) is 8.94. The number of benzene rings is 2. The van der Waals surface area contributed by atoms with Gasteiger partial charge in [0.05, 0.1) is 12.8 Å². The molecular weight excluding hydrogens is 664 g/mol. The number of hydrogen-bond donors (Lipinski definition) is 7. The Bertz CT molecular complexity index is 1800. The molecule has 2 heterocycles. The van der Waals surface area contributed by atoms with E-state index in [1.807, 2.05) is 4.98 Å². The first-order chi connectivity index (χ1) is 19.9. The first kappa shape index (κ1) is 33.7. The van der Waals surface area contributed by atoms with Gasteiger partial charge in [0.25, 0.3) is 5.56 Å². The van der Waals surface area contributed by atoms with Gasteiger partial charge in [-0.15, -0.1) is 0 Å². The molecule has 0 bridgehead atoms. The van der Waals surface area contributed by atoms with E-state index >= 15 is 0 Å². The van der Waals surface area contributed by atoms with Crippen LogP contribution in [0.5, 0.6) is 0 Å². The lowest BCUT2D eigenvalue weighted by molar-refractivity contribution is -0.0542. The van der Waals surface area contributed by atoms with Crippen LogP contribution < -0.4 is 11.2 Å².